The third kappa shape index (κ3) is 6.01. The van der Waals surface area contributed by atoms with Gasteiger partial charge in [0.15, 0.2) is 0 Å². The first kappa shape index (κ1) is 23.1. The van der Waals surface area contributed by atoms with Crippen LogP contribution >= 0.6 is 27.7 Å². The highest BCUT2D eigenvalue weighted by Crippen LogP contribution is 2.36. The first-order chi connectivity index (χ1) is 14.5. The number of alkyl carbamates (subject to hydrolysis) is 1. The molecule has 0 fully saturated rings. The van der Waals surface area contributed by atoms with E-state index in [0.717, 1.165) is 14.9 Å². The van der Waals surface area contributed by atoms with E-state index in [0.29, 0.717) is 11.4 Å². The molecule has 2 amide bonds. The van der Waals surface area contributed by atoms with Gasteiger partial charge in [0.05, 0.1) is 17.8 Å². The molecule has 0 bridgehead atoms. The minimum Gasteiger partial charge on any atom is -0.478 e. The van der Waals surface area contributed by atoms with Gasteiger partial charge in [-0.3, -0.25) is 4.79 Å². The van der Waals surface area contributed by atoms with Crippen molar-refractivity contribution in [1.29, 1.82) is 0 Å². The van der Waals surface area contributed by atoms with Crippen molar-refractivity contribution in [2.75, 3.05) is 10.7 Å². The largest absolute Gasteiger partial charge is 0.478 e. The molecule has 0 saturated heterocycles. The average molecular weight is 507 g/mol. The molecule has 164 valence electrons. The highest BCUT2D eigenvalue weighted by molar-refractivity contribution is 9.10. The van der Waals surface area contributed by atoms with Crippen LogP contribution in [0, 0.1) is 0 Å². The summed E-state index contributed by atoms with van der Waals surface area (Å²) in [5.74, 6) is -1.10. The number of hydrogen-bond acceptors (Lipinski definition) is 5. The first-order valence-corrected chi connectivity index (χ1v) is 11.4. The molecule has 0 unspecified atom stereocenters. The number of nitrogens with zero attached hydrogens (tertiary/aromatic N) is 1. The fraction of sp³-hybridized carbons (Fsp3) is 0.318. The molecule has 0 spiro atoms. The molecule has 2 aromatic carbocycles. The Morgan fingerprint density at radius 2 is 1.90 bits per heavy atom. The summed E-state index contributed by atoms with van der Waals surface area (Å²) >= 11 is 4.78. The van der Waals surface area contributed by atoms with Crippen LogP contribution in [0.25, 0.3) is 0 Å². The summed E-state index contributed by atoms with van der Waals surface area (Å²) in [6.07, 6.45) is -0.674. The second-order valence-corrected chi connectivity index (χ2v) is 10.0. The van der Waals surface area contributed by atoms with Crippen molar-refractivity contribution in [2.24, 2.45) is 0 Å². The number of hydrogen-bond donors (Lipinski definition) is 2. The van der Waals surface area contributed by atoms with Crippen molar-refractivity contribution in [2.45, 2.75) is 43.9 Å². The molecule has 0 saturated carbocycles. The van der Waals surface area contributed by atoms with E-state index < -0.39 is 23.7 Å². The van der Waals surface area contributed by atoms with Gasteiger partial charge in [0.25, 0.3) is 5.91 Å². The Balaban J connectivity index is 1.95. The summed E-state index contributed by atoms with van der Waals surface area (Å²) < 4.78 is 6.22. The molecule has 0 aromatic heterocycles. The number of carboxylic acids is 1. The van der Waals surface area contributed by atoms with Crippen LogP contribution in [0.4, 0.5) is 10.5 Å². The monoisotopic (exact) mass is 506 g/mol. The topological polar surface area (TPSA) is 95.9 Å². The number of fused-ring (bicyclic) bond motifs is 1. The van der Waals surface area contributed by atoms with Crippen molar-refractivity contribution < 1.29 is 24.2 Å². The maximum atomic E-state index is 13.4. The zero-order chi connectivity index (χ0) is 22.8. The van der Waals surface area contributed by atoms with E-state index in [2.05, 4.69) is 21.2 Å². The van der Waals surface area contributed by atoms with Gasteiger partial charge in [-0.2, -0.15) is 0 Å². The molecular formula is C22H23BrN2O5S. The quantitative estimate of drug-likeness (QED) is 0.624. The molecule has 3 rings (SSSR count). The van der Waals surface area contributed by atoms with Gasteiger partial charge < -0.3 is 20.1 Å². The minimum atomic E-state index is -1.07. The van der Waals surface area contributed by atoms with E-state index in [9.17, 15) is 19.5 Å². The zero-order valence-electron chi connectivity index (χ0n) is 17.3. The summed E-state index contributed by atoms with van der Waals surface area (Å²) in [7, 11) is 0. The lowest BCUT2D eigenvalue weighted by molar-refractivity contribution is -0.120. The lowest BCUT2D eigenvalue weighted by Gasteiger charge is -2.27. The summed E-state index contributed by atoms with van der Waals surface area (Å²) in [6, 6.07) is 11.4. The maximum absolute atomic E-state index is 13.4. The molecule has 0 aliphatic carbocycles. The van der Waals surface area contributed by atoms with Gasteiger partial charge in [0, 0.05) is 15.1 Å². The zero-order valence-corrected chi connectivity index (χ0v) is 19.7. The Hall–Kier alpha value is -2.52. The van der Waals surface area contributed by atoms with E-state index in [-0.39, 0.29) is 18.0 Å². The lowest BCUT2D eigenvalue weighted by atomic mass is 10.1. The van der Waals surface area contributed by atoms with E-state index in [1.807, 2.05) is 24.3 Å². The van der Waals surface area contributed by atoms with E-state index in [1.54, 1.807) is 26.8 Å². The fourth-order valence-corrected chi connectivity index (χ4v) is 4.34. The third-order valence-corrected chi connectivity index (χ3v) is 6.10. The molecule has 1 aliphatic rings. The van der Waals surface area contributed by atoms with Crippen LogP contribution in [0.15, 0.2) is 51.8 Å². The summed E-state index contributed by atoms with van der Waals surface area (Å²) in [6.45, 7) is 5.48. The molecule has 31 heavy (non-hydrogen) atoms. The van der Waals surface area contributed by atoms with Crippen LogP contribution in [0.2, 0.25) is 0 Å². The van der Waals surface area contributed by atoms with Gasteiger partial charge in [0.2, 0.25) is 0 Å². The summed E-state index contributed by atoms with van der Waals surface area (Å²) in [5.41, 5.74) is 0.769. The molecule has 2 N–H and O–H groups in total. The molecule has 7 nitrogen and oxygen atoms in total. The molecule has 1 aliphatic heterocycles. The van der Waals surface area contributed by atoms with Crippen molar-refractivity contribution in [3.8, 4) is 0 Å². The standard InChI is InChI=1S/C22H23BrN2O5S/c1-22(2,3)30-21(29)24-16-12-31-18-9-6-14(20(27)28)10-17(18)25(19(16)26)11-13-4-7-15(23)8-5-13/h4-10,16H,11-12H2,1-3H3,(H,24,29)(H,27,28)/t16-/m0/s1. The molecular weight excluding hydrogens is 484 g/mol. The Morgan fingerprint density at radius 1 is 1.23 bits per heavy atom. The normalized spacial score (nSPS) is 16.3. The molecule has 2 aromatic rings. The molecule has 1 heterocycles. The Labute approximate surface area is 193 Å². The van der Waals surface area contributed by atoms with Crippen molar-refractivity contribution in [3.63, 3.8) is 0 Å². The van der Waals surface area contributed by atoms with Gasteiger partial charge in [-0.15, -0.1) is 11.8 Å². The van der Waals surface area contributed by atoms with Gasteiger partial charge in [-0.1, -0.05) is 28.1 Å². The van der Waals surface area contributed by atoms with Crippen molar-refractivity contribution >= 4 is 51.3 Å². The van der Waals surface area contributed by atoms with Crippen LogP contribution < -0.4 is 10.2 Å². The fourth-order valence-electron chi connectivity index (χ4n) is 3.02. The van der Waals surface area contributed by atoms with Gasteiger partial charge in [0.1, 0.15) is 11.6 Å². The van der Waals surface area contributed by atoms with Crippen LogP contribution in [0.3, 0.4) is 0 Å². The Kier molecular flexibility index (Phi) is 6.96. The van der Waals surface area contributed by atoms with Crippen LogP contribution in [0.5, 0.6) is 0 Å². The number of anilines is 1. The summed E-state index contributed by atoms with van der Waals surface area (Å²) in [5, 5.41) is 12.1. The highest BCUT2D eigenvalue weighted by Gasteiger charge is 2.33. The minimum absolute atomic E-state index is 0.0894. The smallest absolute Gasteiger partial charge is 0.408 e. The number of halogens is 1. The number of carbonyl (C=O) groups is 3. The number of rotatable bonds is 4. The average Bonchev–Trinajstić information content (AvgIpc) is 2.80. The van der Waals surface area contributed by atoms with E-state index >= 15 is 0 Å². The predicted octanol–water partition coefficient (Wildman–Crippen LogP) is 4.68. The van der Waals surface area contributed by atoms with Gasteiger partial charge >= 0.3 is 12.1 Å². The number of thioether (sulfide) groups is 1. The Morgan fingerprint density at radius 3 is 2.52 bits per heavy atom. The second kappa shape index (κ2) is 9.32. The number of benzene rings is 2. The molecule has 1 atom stereocenters. The van der Waals surface area contributed by atoms with E-state index in [4.69, 9.17) is 4.74 Å². The number of carbonyl (C=O) groups excluding carboxylic acids is 2. The first-order valence-electron chi connectivity index (χ1n) is 9.59. The number of amides is 2. The third-order valence-electron chi connectivity index (χ3n) is 4.41. The summed E-state index contributed by atoms with van der Waals surface area (Å²) in [4.78, 5) is 39.6. The molecule has 0 radical (unpaired) electrons. The van der Waals surface area contributed by atoms with Crippen LogP contribution in [-0.4, -0.2) is 40.5 Å². The Bertz CT molecular complexity index is 1000. The van der Waals surface area contributed by atoms with E-state index in [1.165, 1.54) is 28.8 Å². The van der Waals surface area contributed by atoms with Crippen LogP contribution in [-0.2, 0) is 16.1 Å². The predicted molar refractivity (Wildman–Crippen MR) is 123 cm³/mol. The van der Waals surface area contributed by atoms with Crippen LogP contribution in [0.1, 0.15) is 36.7 Å². The maximum Gasteiger partial charge on any atom is 0.408 e. The van der Waals surface area contributed by atoms with Gasteiger partial charge in [-0.25, -0.2) is 9.59 Å². The van der Waals surface area contributed by atoms with Crippen molar-refractivity contribution in [3.05, 3.63) is 58.1 Å². The molecule has 9 heteroatoms. The number of carboxylic acid groups (broad SMARTS) is 1. The lowest BCUT2D eigenvalue weighted by Crippen LogP contribution is -2.50. The van der Waals surface area contributed by atoms with Crippen molar-refractivity contribution in [1.82, 2.24) is 5.32 Å². The number of aromatic carboxylic acids is 1. The van der Waals surface area contributed by atoms with Gasteiger partial charge in [-0.05, 0) is 56.7 Å². The highest BCUT2D eigenvalue weighted by atomic mass is 79.9. The second-order valence-electron chi connectivity index (χ2n) is 8.05. The number of nitrogens with one attached hydrogen (secondary N) is 1. The number of ether oxygens (including phenoxy) is 1. The SMILES string of the molecule is CC(C)(C)OC(=O)N[C@H]1CSc2ccc(C(=O)O)cc2N(Cc2ccc(Br)cc2)C1=O.